The fraction of sp³-hybridized carbons (Fsp3) is 0.850. The van der Waals surface area contributed by atoms with Crippen molar-refractivity contribution in [2.75, 3.05) is 6.61 Å². The van der Waals surface area contributed by atoms with Gasteiger partial charge in [0.25, 0.3) is 0 Å². The summed E-state index contributed by atoms with van der Waals surface area (Å²) >= 11 is 0. The summed E-state index contributed by atoms with van der Waals surface area (Å²) in [6.45, 7) is 26.3. The molecular formula is C20H44O5Si3. The van der Waals surface area contributed by atoms with Gasteiger partial charge in [-0.05, 0) is 45.8 Å². The van der Waals surface area contributed by atoms with E-state index < -0.39 is 34.8 Å². The molecule has 1 aliphatic rings. The van der Waals surface area contributed by atoms with Crippen molar-refractivity contribution in [3.63, 3.8) is 0 Å². The third-order valence-electron chi connectivity index (χ3n) is 6.38. The number of ether oxygens (including phenoxy) is 2. The highest BCUT2D eigenvalue weighted by Crippen LogP contribution is 2.41. The van der Waals surface area contributed by atoms with Gasteiger partial charge in [0.05, 0.1) is 19.3 Å². The van der Waals surface area contributed by atoms with Gasteiger partial charge in [0.1, 0.15) is 0 Å². The second-order valence-corrected chi connectivity index (χ2v) is 36.8. The number of carbonyl (C=O) groups is 1. The van der Waals surface area contributed by atoms with Crippen molar-refractivity contribution < 1.29 is 23.8 Å². The Hall–Kier alpha value is -0.259. The van der Waals surface area contributed by atoms with Gasteiger partial charge in [-0.2, -0.15) is 0 Å². The van der Waals surface area contributed by atoms with E-state index in [2.05, 4.69) is 52.8 Å². The number of carbonyl (C=O) groups excluding carboxylic acids is 1. The predicted molar refractivity (Wildman–Crippen MR) is 125 cm³/mol. The van der Waals surface area contributed by atoms with Crippen LogP contribution in [0.3, 0.4) is 0 Å². The molecule has 3 atom stereocenters. The number of esters is 1. The Morgan fingerprint density at radius 1 is 1.21 bits per heavy atom. The van der Waals surface area contributed by atoms with Crippen LogP contribution in [0, 0.1) is 0 Å². The lowest BCUT2D eigenvalue weighted by atomic mass is 10.2. The smallest absolute Gasteiger partial charge is 0.335 e. The molecule has 0 saturated carbocycles. The highest BCUT2D eigenvalue weighted by atomic mass is 29.6. The van der Waals surface area contributed by atoms with E-state index in [0.29, 0.717) is 12.2 Å². The fourth-order valence-corrected chi connectivity index (χ4v) is 32.7. The molecule has 0 amide bonds. The second-order valence-electron chi connectivity index (χ2n) is 9.44. The molecule has 3 unspecified atom stereocenters. The normalized spacial score (nSPS) is 24.3. The monoisotopic (exact) mass is 448 g/mol. The summed E-state index contributed by atoms with van der Waals surface area (Å²) in [4.78, 5) is 11.7. The first kappa shape index (κ1) is 27.7. The van der Waals surface area contributed by atoms with Crippen LogP contribution in [0.2, 0.25) is 45.3 Å². The lowest BCUT2D eigenvalue weighted by molar-refractivity contribution is -0.189. The molecule has 0 radical (unpaired) electrons. The Kier molecular flexibility index (Phi) is 11.1. The second kappa shape index (κ2) is 11.2. The van der Waals surface area contributed by atoms with Gasteiger partial charge >= 0.3 is 5.97 Å². The molecule has 0 aromatic carbocycles. The molecular weight excluding hydrogens is 404 g/mol. The minimum absolute atomic E-state index is 0.0263. The molecule has 0 aromatic heterocycles. The first-order chi connectivity index (χ1) is 12.7. The van der Waals surface area contributed by atoms with Crippen molar-refractivity contribution in [3.8, 4) is 0 Å². The van der Waals surface area contributed by atoms with Crippen LogP contribution >= 0.6 is 0 Å². The molecule has 1 aliphatic heterocycles. The maximum atomic E-state index is 11.7. The fourth-order valence-electron chi connectivity index (χ4n) is 3.32. The third kappa shape index (κ3) is 7.21. The largest absolute Gasteiger partial charge is 0.433 e. The summed E-state index contributed by atoms with van der Waals surface area (Å²) in [6.07, 6.45) is 1.26. The van der Waals surface area contributed by atoms with E-state index in [1.54, 1.807) is 13.8 Å². The van der Waals surface area contributed by atoms with Crippen LogP contribution in [0.4, 0.5) is 0 Å². The molecule has 1 saturated heterocycles. The van der Waals surface area contributed by atoms with Gasteiger partial charge in [0.2, 0.25) is 6.29 Å². The zero-order chi connectivity index (χ0) is 22.3. The molecule has 0 spiro atoms. The molecule has 1 fully saturated rings. The molecule has 1 N–H and O–H groups in total. The highest BCUT2D eigenvalue weighted by Gasteiger charge is 2.59. The number of hydrogen-bond acceptors (Lipinski definition) is 5. The van der Waals surface area contributed by atoms with Gasteiger partial charge < -0.3 is 19.0 Å². The summed E-state index contributed by atoms with van der Waals surface area (Å²) in [5.41, 5.74) is 0.391. The zero-order valence-corrected chi connectivity index (χ0v) is 22.8. The van der Waals surface area contributed by atoms with Gasteiger partial charge in [0, 0.05) is 19.8 Å². The Labute approximate surface area is 175 Å². The Bertz CT molecular complexity index is 498. The van der Waals surface area contributed by atoms with Crippen molar-refractivity contribution in [2.24, 2.45) is 0 Å². The van der Waals surface area contributed by atoms with Crippen LogP contribution in [0.1, 0.15) is 40.5 Å². The van der Waals surface area contributed by atoms with Crippen LogP contribution in [-0.2, 0) is 18.7 Å². The molecule has 0 aliphatic carbocycles. The standard InChI is InChI=1S/C17H36O4Si3.C3H8O/c1-11-15(19-14(4)20-17(18)13(2)3)16-12-22(5,6)24(9,10)23(7,8)21-16;1-2-3-4/h14-16H,2,11-12H2,1,3-10H3;4H,2-3H2,1H3. The summed E-state index contributed by atoms with van der Waals surface area (Å²) < 4.78 is 18.0. The average molecular weight is 449 g/mol. The highest BCUT2D eigenvalue weighted by molar-refractivity contribution is 7.67. The molecule has 28 heavy (non-hydrogen) atoms. The topological polar surface area (TPSA) is 65.0 Å². The molecule has 166 valence electrons. The van der Waals surface area contributed by atoms with E-state index in [1.165, 1.54) is 0 Å². The van der Waals surface area contributed by atoms with Crippen LogP contribution < -0.4 is 0 Å². The molecule has 1 heterocycles. The minimum atomic E-state index is -1.70. The van der Waals surface area contributed by atoms with Crippen LogP contribution in [0.5, 0.6) is 0 Å². The summed E-state index contributed by atoms with van der Waals surface area (Å²) in [5, 5.41) is 7.88. The number of aliphatic hydroxyl groups is 1. The van der Waals surface area contributed by atoms with Crippen molar-refractivity contribution in [2.45, 2.75) is 104 Å². The molecule has 0 aromatic rings. The molecule has 0 bridgehead atoms. The van der Waals surface area contributed by atoms with E-state index in [0.717, 1.165) is 18.9 Å². The van der Waals surface area contributed by atoms with Crippen LogP contribution in [0.15, 0.2) is 12.2 Å². The quantitative estimate of drug-likeness (QED) is 0.262. The van der Waals surface area contributed by atoms with Crippen LogP contribution in [0.25, 0.3) is 0 Å². The van der Waals surface area contributed by atoms with E-state index in [4.69, 9.17) is 19.0 Å². The van der Waals surface area contributed by atoms with Gasteiger partial charge in [-0.3, -0.25) is 0 Å². The van der Waals surface area contributed by atoms with E-state index in [9.17, 15) is 4.79 Å². The van der Waals surface area contributed by atoms with Crippen molar-refractivity contribution in [1.29, 1.82) is 0 Å². The number of aliphatic hydroxyl groups excluding tert-OH is 1. The summed E-state index contributed by atoms with van der Waals surface area (Å²) in [7, 11) is -4.34. The van der Waals surface area contributed by atoms with Crippen LogP contribution in [-0.4, -0.2) is 58.7 Å². The van der Waals surface area contributed by atoms with Crippen molar-refractivity contribution in [1.82, 2.24) is 0 Å². The van der Waals surface area contributed by atoms with E-state index in [1.807, 2.05) is 6.92 Å². The Balaban J connectivity index is 0.00000165. The van der Waals surface area contributed by atoms with E-state index in [-0.39, 0.29) is 12.2 Å². The number of rotatable bonds is 7. The zero-order valence-electron chi connectivity index (χ0n) is 19.8. The summed E-state index contributed by atoms with van der Waals surface area (Å²) in [5.74, 6) is -0.403. The van der Waals surface area contributed by atoms with Gasteiger partial charge in [-0.1, -0.05) is 46.6 Å². The molecule has 8 heteroatoms. The maximum Gasteiger partial charge on any atom is 0.335 e. The Morgan fingerprint density at radius 2 is 1.71 bits per heavy atom. The first-order valence-corrected chi connectivity index (χ1v) is 21.6. The van der Waals surface area contributed by atoms with Gasteiger partial charge in [-0.25, -0.2) is 4.79 Å². The first-order valence-electron chi connectivity index (χ1n) is 10.5. The van der Waals surface area contributed by atoms with E-state index >= 15 is 0 Å². The predicted octanol–water partition coefficient (Wildman–Crippen LogP) is 4.81. The van der Waals surface area contributed by atoms with Crippen molar-refractivity contribution >= 4 is 28.5 Å². The molecule has 1 rings (SSSR count). The maximum absolute atomic E-state index is 11.7. The lowest BCUT2D eigenvalue weighted by Crippen LogP contribution is -2.77. The third-order valence-corrected chi connectivity index (χ3v) is 46.8. The minimum Gasteiger partial charge on any atom is -0.433 e. The summed E-state index contributed by atoms with van der Waals surface area (Å²) in [6, 6.07) is 1.14. The van der Waals surface area contributed by atoms with Gasteiger partial charge in [-0.15, -0.1) is 0 Å². The number of hydrogen-bond donors (Lipinski definition) is 1. The van der Waals surface area contributed by atoms with Gasteiger partial charge in [0.15, 0.2) is 7.83 Å². The molecule has 5 nitrogen and oxygen atoms in total. The SMILES string of the molecule is C=C(C)C(=O)OC(C)OC(CC)C1C[Si](C)(C)[Si](C)(C)[Si](C)(C)O1.CCCO. The average Bonchev–Trinajstić information content (AvgIpc) is 2.57. The lowest BCUT2D eigenvalue weighted by Gasteiger charge is -2.55. The Morgan fingerprint density at radius 3 is 2.07 bits per heavy atom. The van der Waals surface area contributed by atoms with Crippen molar-refractivity contribution in [3.05, 3.63) is 12.2 Å².